The van der Waals surface area contributed by atoms with Crippen molar-refractivity contribution in [2.24, 2.45) is 0 Å². The van der Waals surface area contributed by atoms with Crippen molar-refractivity contribution < 1.29 is 68.6 Å². The summed E-state index contributed by atoms with van der Waals surface area (Å²) in [6.45, 7) is 0. The summed E-state index contributed by atoms with van der Waals surface area (Å²) in [5.41, 5.74) is 0. The van der Waals surface area contributed by atoms with E-state index in [1.165, 1.54) is 0 Å². The molecule has 0 aliphatic rings. The van der Waals surface area contributed by atoms with Crippen molar-refractivity contribution in [3.63, 3.8) is 0 Å². The van der Waals surface area contributed by atoms with E-state index >= 15 is 0 Å². The SMILES string of the molecule is O[Si](O)(O)O.[BaH2].[Eu].[SrH2]. The summed E-state index contributed by atoms with van der Waals surface area (Å²) in [5.74, 6) is 0. The van der Waals surface area contributed by atoms with Crippen LogP contribution in [-0.2, 0) is 0 Å². The summed E-state index contributed by atoms with van der Waals surface area (Å²) in [6.07, 6.45) is 0. The van der Waals surface area contributed by atoms with E-state index in [0.717, 1.165) is 0 Å². The molecule has 8 heteroatoms. The standard InChI is InChI=1S/Ba.Eu.H4O4Si.Sr.4H/c;;1-5(2,3)4;;;;;/h;;1-4H;;;;;. The molecule has 0 saturated heterocycles. The molecule has 0 spiro atoms. The molecule has 4 nitrogen and oxygen atoms in total. The molecule has 0 fully saturated rings. The van der Waals surface area contributed by atoms with E-state index in [0.29, 0.717) is 0 Å². The second kappa shape index (κ2) is 11.7. The Morgan fingerprint density at radius 3 is 0.875 bits per heavy atom. The van der Waals surface area contributed by atoms with Crippen LogP contribution in [0.3, 0.4) is 0 Å². The van der Waals surface area contributed by atoms with Gasteiger partial charge in [-0.05, 0) is 0 Å². The summed E-state index contributed by atoms with van der Waals surface area (Å²) >= 11 is 0. The molecule has 4 N–H and O–H groups in total. The molecule has 0 aromatic rings. The molecule has 0 aromatic carbocycles. The average Bonchev–Trinajstić information content (AvgIpc) is 0.722. The minimum absolute atomic E-state index is 0. The summed E-state index contributed by atoms with van der Waals surface area (Å²) in [4.78, 5) is 29.3. The Balaban J connectivity index is -0.0000000267. The van der Waals surface area contributed by atoms with Crippen molar-refractivity contribution in [2.45, 2.75) is 0 Å². The van der Waals surface area contributed by atoms with Crippen LogP contribution in [0.15, 0.2) is 0 Å². The first-order valence-corrected chi connectivity index (χ1v) is 2.68. The van der Waals surface area contributed by atoms with Gasteiger partial charge in [-0.3, -0.25) is 0 Å². The van der Waals surface area contributed by atoms with E-state index < -0.39 is 9.05 Å². The Kier molecular flexibility index (Phi) is 33.6. The van der Waals surface area contributed by atoms with Crippen LogP contribution in [0, 0.1) is 49.4 Å². The third kappa shape index (κ3) is 45.6. The first kappa shape index (κ1) is 23.0. The predicted molar refractivity (Wildman–Crippen MR) is 31.7 cm³/mol. The molecular weight excluding hydrogens is 469 g/mol. The van der Waals surface area contributed by atoms with Gasteiger partial charge < -0.3 is 19.2 Å². The number of rotatable bonds is 0. The fourth-order valence-corrected chi connectivity index (χ4v) is 0. The monoisotopic (exact) mass is 479 g/mol. The van der Waals surface area contributed by atoms with Gasteiger partial charge in [-0.15, -0.1) is 0 Å². The third-order valence-corrected chi connectivity index (χ3v) is 0. The summed E-state index contributed by atoms with van der Waals surface area (Å²) in [6, 6.07) is 0. The Hall–Kier alpha value is 4.69. The van der Waals surface area contributed by atoms with Crippen molar-refractivity contribution in [3.8, 4) is 0 Å². The number of hydrogen-bond donors (Lipinski definition) is 4. The second-order valence-corrected chi connectivity index (χ2v) is 1.80. The molecule has 0 aliphatic carbocycles. The molecule has 0 saturated carbocycles. The minimum atomic E-state index is -4.61. The average molecular weight is 477 g/mol. The topological polar surface area (TPSA) is 80.9 Å². The van der Waals surface area contributed by atoms with Crippen LogP contribution in [0.25, 0.3) is 0 Å². The molecule has 0 aromatic heterocycles. The Morgan fingerprint density at radius 1 is 0.875 bits per heavy atom. The van der Waals surface area contributed by atoms with Crippen LogP contribution in [0.5, 0.6) is 0 Å². The molecule has 0 amide bonds. The van der Waals surface area contributed by atoms with Gasteiger partial charge in [0.2, 0.25) is 0 Å². The van der Waals surface area contributed by atoms with Gasteiger partial charge in [0.25, 0.3) is 0 Å². The van der Waals surface area contributed by atoms with Gasteiger partial charge in [-0.2, -0.15) is 0 Å². The van der Waals surface area contributed by atoms with Crippen LogP contribution < -0.4 is 0 Å². The van der Waals surface area contributed by atoms with Crippen molar-refractivity contribution in [2.75, 3.05) is 0 Å². The molecule has 1 radical (unpaired) electrons. The van der Waals surface area contributed by atoms with Crippen LogP contribution in [0.4, 0.5) is 0 Å². The molecule has 0 bridgehead atoms. The van der Waals surface area contributed by atoms with Crippen LogP contribution in [-0.4, -0.2) is 123 Å². The van der Waals surface area contributed by atoms with E-state index in [9.17, 15) is 0 Å². The normalized spacial score (nSPS) is 7.50. The Morgan fingerprint density at radius 2 is 0.875 bits per heavy atom. The van der Waals surface area contributed by atoms with Gasteiger partial charge in [0.15, 0.2) is 0 Å². The Bertz CT molecular complexity index is 31.5. The van der Waals surface area contributed by atoms with Crippen LogP contribution >= 0.6 is 0 Å². The molecular formula is H8BaEuO4SiSr. The molecule has 0 aliphatic heterocycles. The first-order valence-electron chi connectivity index (χ1n) is 0.894. The van der Waals surface area contributed by atoms with Gasteiger partial charge in [0.1, 0.15) is 0 Å². The molecule has 0 atom stereocenters. The van der Waals surface area contributed by atoms with Crippen molar-refractivity contribution in [1.82, 2.24) is 0 Å². The van der Waals surface area contributed by atoms with E-state index in [1.54, 1.807) is 0 Å². The van der Waals surface area contributed by atoms with Crippen LogP contribution in [0.1, 0.15) is 0 Å². The zero-order valence-corrected chi connectivity index (χ0v) is 6.09. The van der Waals surface area contributed by atoms with Crippen molar-refractivity contribution in [3.05, 3.63) is 0 Å². The fourth-order valence-electron chi connectivity index (χ4n) is 0. The molecule has 0 heterocycles. The van der Waals surface area contributed by atoms with E-state index in [1.807, 2.05) is 0 Å². The zero-order chi connectivity index (χ0) is 4.50. The van der Waals surface area contributed by atoms with Crippen molar-refractivity contribution >= 4 is 103 Å². The number of hydrogen-bond acceptors (Lipinski definition) is 4. The third-order valence-electron chi connectivity index (χ3n) is 0. The maximum absolute atomic E-state index is 7.33. The summed E-state index contributed by atoms with van der Waals surface area (Å²) in [7, 11) is -4.61. The van der Waals surface area contributed by atoms with E-state index in [-0.39, 0.29) is 144 Å². The van der Waals surface area contributed by atoms with Crippen LogP contribution in [0.2, 0.25) is 0 Å². The van der Waals surface area contributed by atoms with Crippen molar-refractivity contribution in [1.29, 1.82) is 0 Å². The molecule has 0 rings (SSSR count). The second-order valence-electron chi connectivity index (χ2n) is 0.600. The van der Waals surface area contributed by atoms with Gasteiger partial charge in [-0.1, -0.05) is 0 Å². The van der Waals surface area contributed by atoms with Gasteiger partial charge >= 0.3 is 103 Å². The first-order chi connectivity index (χ1) is 2.00. The quantitative estimate of drug-likeness (QED) is 0.266. The molecule has 47 valence electrons. The maximum atomic E-state index is 7.33. The zero-order valence-electron chi connectivity index (χ0n) is 2.67. The summed E-state index contributed by atoms with van der Waals surface area (Å²) < 4.78 is 0. The fraction of sp³-hybridized carbons (Fsp3) is 0. The Labute approximate surface area is 166 Å². The summed E-state index contributed by atoms with van der Waals surface area (Å²) in [5, 5.41) is 0. The van der Waals surface area contributed by atoms with Gasteiger partial charge in [-0.25, -0.2) is 0 Å². The van der Waals surface area contributed by atoms with Gasteiger partial charge in [0.05, 0.1) is 0 Å². The van der Waals surface area contributed by atoms with E-state index in [2.05, 4.69) is 0 Å². The predicted octanol–water partition coefficient (Wildman–Crippen LogP) is -4.44. The van der Waals surface area contributed by atoms with Gasteiger partial charge in [0, 0.05) is 49.4 Å². The molecule has 8 heavy (non-hydrogen) atoms. The molecule has 0 unspecified atom stereocenters. The van der Waals surface area contributed by atoms with E-state index in [4.69, 9.17) is 19.2 Å².